The van der Waals surface area contributed by atoms with E-state index in [1.165, 1.54) is 116 Å². The molecule has 0 N–H and O–H groups in total. The van der Waals surface area contributed by atoms with E-state index in [1.807, 2.05) is 21.1 Å². The van der Waals surface area contributed by atoms with Crippen molar-refractivity contribution >= 4 is 19.8 Å². The Morgan fingerprint density at radius 1 is 0.451 bits per heavy atom. The molecule has 0 saturated carbocycles. The van der Waals surface area contributed by atoms with Crippen molar-refractivity contribution in [2.45, 2.75) is 245 Å². The number of hydrogen-bond donors (Lipinski definition) is 0. The Bertz CT molecular complexity index is 1470. The molecule has 2 unspecified atom stereocenters. The van der Waals surface area contributed by atoms with Gasteiger partial charge in [-0.15, -0.1) is 0 Å². The zero-order valence-corrected chi connectivity index (χ0v) is 47.3. The predicted molar refractivity (Wildman–Crippen MR) is 300 cm³/mol. The fourth-order valence-electron chi connectivity index (χ4n) is 7.75. The van der Waals surface area contributed by atoms with Gasteiger partial charge < -0.3 is 27.9 Å². The lowest BCUT2D eigenvalue weighted by molar-refractivity contribution is -0.870. The molecule has 9 nitrogen and oxygen atoms in total. The summed E-state index contributed by atoms with van der Waals surface area (Å²) in [6, 6.07) is 0. The Labute approximate surface area is 437 Å². The standard InChI is InChI=1S/C61H108NO8P/c1-6-8-10-12-14-16-18-20-22-24-26-27-28-29-30-31-32-33-34-35-36-38-40-42-44-46-48-50-52-54-61(64)70-59(58-69-71(65,66)68-56-55-62(3,4)5)57-67-60(63)53-51-49-47-45-43-41-39-37-25-23-21-19-17-15-13-11-9-7-2/h8,10,14,16,20,22,26-27,29-30,32-33,35-36,59H,6-7,9,11-13,15,17-19,21,23-25,28,31,34,37-58H2,1-5H3/b10-8-,16-14-,22-20-,27-26-,30-29-,33-32-,36-35-. The van der Waals surface area contributed by atoms with Crippen LogP contribution < -0.4 is 4.89 Å². The maximum Gasteiger partial charge on any atom is 0.306 e. The molecule has 0 aliphatic carbocycles. The van der Waals surface area contributed by atoms with Gasteiger partial charge in [-0.05, 0) is 70.6 Å². The first-order valence-electron chi connectivity index (χ1n) is 28.8. The van der Waals surface area contributed by atoms with Crippen LogP contribution in [0.3, 0.4) is 0 Å². The van der Waals surface area contributed by atoms with Crippen LogP contribution in [0.25, 0.3) is 0 Å². The fraction of sp³-hybridized carbons (Fsp3) is 0.738. The maximum atomic E-state index is 12.8. The summed E-state index contributed by atoms with van der Waals surface area (Å²) in [4.78, 5) is 37.8. The fourth-order valence-corrected chi connectivity index (χ4v) is 8.48. The zero-order valence-electron chi connectivity index (χ0n) is 46.4. The first-order chi connectivity index (χ1) is 34.5. The third kappa shape index (κ3) is 56.3. The summed E-state index contributed by atoms with van der Waals surface area (Å²) in [5.41, 5.74) is 0. The molecule has 0 radical (unpaired) electrons. The predicted octanol–water partition coefficient (Wildman–Crippen LogP) is 17.2. The number of allylic oxidation sites excluding steroid dienone is 14. The molecule has 0 aromatic rings. The van der Waals surface area contributed by atoms with Crippen molar-refractivity contribution in [2.75, 3.05) is 47.5 Å². The zero-order chi connectivity index (χ0) is 52.0. The molecule has 0 heterocycles. The third-order valence-electron chi connectivity index (χ3n) is 12.2. The Morgan fingerprint density at radius 2 is 0.803 bits per heavy atom. The number of esters is 2. The minimum Gasteiger partial charge on any atom is -0.756 e. The van der Waals surface area contributed by atoms with E-state index in [4.69, 9.17) is 18.5 Å². The number of hydrogen-bond acceptors (Lipinski definition) is 8. The van der Waals surface area contributed by atoms with Crippen LogP contribution in [0, 0.1) is 0 Å². The Kier molecular flexibility index (Phi) is 50.0. The van der Waals surface area contributed by atoms with Gasteiger partial charge in [-0.1, -0.05) is 240 Å². The van der Waals surface area contributed by atoms with E-state index >= 15 is 0 Å². The lowest BCUT2D eigenvalue weighted by Crippen LogP contribution is -2.37. The molecule has 0 aromatic carbocycles. The molecule has 0 aromatic heterocycles. The van der Waals surface area contributed by atoms with E-state index in [-0.39, 0.29) is 32.0 Å². The number of carbonyl (C=O) groups is 2. The smallest absolute Gasteiger partial charge is 0.306 e. The number of carbonyl (C=O) groups excluding carboxylic acids is 2. The van der Waals surface area contributed by atoms with Crippen LogP contribution >= 0.6 is 7.82 Å². The van der Waals surface area contributed by atoms with Crippen LogP contribution in [0.1, 0.15) is 239 Å². The van der Waals surface area contributed by atoms with Crippen molar-refractivity contribution in [2.24, 2.45) is 0 Å². The lowest BCUT2D eigenvalue weighted by atomic mass is 10.0. The second-order valence-corrected chi connectivity index (χ2v) is 21.7. The van der Waals surface area contributed by atoms with Gasteiger partial charge in [0.15, 0.2) is 6.10 Å². The van der Waals surface area contributed by atoms with Crippen molar-refractivity contribution in [1.82, 2.24) is 0 Å². The normalized spacial score (nSPS) is 13.9. The van der Waals surface area contributed by atoms with Gasteiger partial charge in [-0.3, -0.25) is 14.2 Å². The highest BCUT2D eigenvalue weighted by atomic mass is 31.2. The molecule has 0 fully saturated rings. The molecule has 0 saturated heterocycles. The summed E-state index contributed by atoms with van der Waals surface area (Å²) in [5, 5.41) is 0. The Balaban J connectivity index is 4.21. The highest BCUT2D eigenvalue weighted by Gasteiger charge is 2.21. The first kappa shape index (κ1) is 68.2. The van der Waals surface area contributed by atoms with Gasteiger partial charge in [-0.25, -0.2) is 0 Å². The summed E-state index contributed by atoms with van der Waals surface area (Å²) >= 11 is 0. The molecule has 2 atom stereocenters. The molecule has 0 bridgehead atoms. The minimum absolute atomic E-state index is 0.0358. The van der Waals surface area contributed by atoms with E-state index in [0.29, 0.717) is 17.4 Å². The Morgan fingerprint density at radius 3 is 1.20 bits per heavy atom. The van der Waals surface area contributed by atoms with Gasteiger partial charge in [0.05, 0.1) is 27.7 Å². The largest absolute Gasteiger partial charge is 0.756 e. The summed E-state index contributed by atoms with van der Waals surface area (Å²) in [5.74, 6) is -0.843. The summed E-state index contributed by atoms with van der Waals surface area (Å²) < 4.78 is 34.1. The number of rotatable bonds is 52. The molecule has 0 aliphatic heterocycles. The number of phosphoric ester groups is 1. The molecule has 10 heteroatoms. The van der Waals surface area contributed by atoms with Crippen LogP contribution in [-0.2, 0) is 32.7 Å². The molecular weight excluding hydrogens is 906 g/mol. The first-order valence-corrected chi connectivity index (χ1v) is 30.3. The van der Waals surface area contributed by atoms with Crippen molar-refractivity contribution in [3.05, 3.63) is 85.1 Å². The van der Waals surface area contributed by atoms with Crippen LogP contribution in [0.4, 0.5) is 0 Å². The number of phosphoric acid groups is 1. The van der Waals surface area contributed by atoms with Gasteiger partial charge in [0.2, 0.25) is 0 Å². The Hall–Kier alpha value is -2.81. The van der Waals surface area contributed by atoms with Crippen molar-refractivity contribution in [3.8, 4) is 0 Å². The highest BCUT2D eigenvalue weighted by molar-refractivity contribution is 7.45. The number of unbranched alkanes of at least 4 members (excludes halogenated alkanes) is 24. The maximum absolute atomic E-state index is 12.8. The lowest BCUT2D eigenvalue weighted by Gasteiger charge is -2.28. The van der Waals surface area contributed by atoms with Crippen LogP contribution in [0.5, 0.6) is 0 Å². The average molecular weight is 1010 g/mol. The van der Waals surface area contributed by atoms with E-state index < -0.39 is 26.5 Å². The monoisotopic (exact) mass is 1010 g/mol. The van der Waals surface area contributed by atoms with E-state index in [1.54, 1.807) is 0 Å². The molecular formula is C61H108NO8P. The molecule has 71 heavy (non-hydrogen) atoms. The number of ether oxygens (including phenoxy) is 2. The summed E-state index contributed by atoms with van der Waals surface area (Å²) in [6.07, 6.45) is 69.0. The van der Waals surface area contributed by atoms with Crippen LogP contribution in [-0.4, -0.2) is 70.0 Å². The van der Waals surface area contributed by atoms with Gasteiger partial charge in [0.25, 0.3) is 7.82 Å². The average Bonchev–Trinajstić information content (AvgIpc) is 3.33. The number of nitrogens with zero attached hydrogens (tertiary/aromatic N) is 1. The van der Waals surface area contributed by atoms with E-state index in [0.717, 1.165) is 89.9 Å². The van der Waals surface area contributed by atoms with Crippen molar-refractivity contribution < 1.29 is 42.1 Å². The van der Waals surface area contributed by atoms with Crippen molar-refractivity contribution in [3.63, 3.8) is 0 Å². The van der Waals surface area contributed by atoms with E-state index in [9.17, 15) is 19.0 Å². The highest BCUT2D eigenvalue weighted by Crippen LogP contribution is 2.38. The molecule has 0 aliphatic rings. The third-order valence-corrected chi connectivity index (χ3v) is 13.1. The second-order valence-electron chi connectivity index (χ2n) is 20.3. The number of likely N-dealkylation sites (N-methyl/N-ethyl adjacent to an activating group) is 1. The quantitative estimate of drug-likeness (QED) is 0.0195. The molecule has 0 spiro atoms. The van der Waals surface area contributed by atoms with Gasteiger partial charge in [0, 0.05) is 12.8 Å². The summed E-state index contributed by atoms with van der Waals surface area (Å²) in [7, 11) is 1.15. The SMILES string of the molecule is CC/C=C\C/C=C\C/C=C\C/C=C\C/C=C\C/C=C\C/C=C\CCCCCCCCCC(=O)OC(COC(=O)CCCCCCCCCCCCCCCCCCCC)COP(=O)([O-])OCC[N+](C)(C)C. The van der Waals surface area contributed by atoms with Gasteiger partial charge >= 0.3 is 11.9 Å². The summed E-state index contributed by atoms with van der Waals surface area (Å²) in [6.45, 7) is 4.13. The molecule has 410 valence electrons. The van der Waals surface area contributed by atoms with E-state index in [2.05, 4.69) is 98.9 Å². The van der Waals surface area contributed by atoms with Crippen molar-refractivity contribution in [1.29, 1.82) is 0 Å². The van der Waals surface area contributed by atoms with Crippen LogP contribution in [0.2, 0.25) is 0 Å². The second kappa shape index (κ2) is 52.1. The molecule has 0 rings (SSSR count). The van der Waals surface area contributed by atoms with Gasteiger partial charge in [0.1, 0.15) is 19.8 Å². The molecule has 0 amide bonds. The number of quaternary nitrogens is 1. The van der Waals surface area contributed by atoms with Gasteiger partial charge in [-0.2, -0.15) is 0 Å². The topological polar surface area (TPSA) is 111 Å². The minimum atomic E-state index is -4.64. The van der Waals surface area contributed by atoms with Crippen LogP contribution in [0.15, 0.2) is 85.1 Å².